The first kappa shape index (κ1) is 12.9. The molecular weight excluding hydrogens is 263 g/mol. The lowest BCUT2D eigenvalue weighted by atomic mass is 9.74. The summed E-state index contributed by atoms with van der Waals surface area (Å²) in [6.45, 7) is 2.20. The summed E-state index contributed by atoms with van der Waals surface area (Å²) in [6, 6.07) is 5.21. The van der Waals surface area contributed by atoms with Crippen LogP contribution in [0.3, 0.4) is 0 Å². The predicted molar refractivity (Wildman–Crippen MR) is 76.2 cm³/mol. The molecule has 1 aliphatic rings. The molecule has 1 heterocycles. The number of halogens is 2. The molecule has 19 heavy (non-hydrogen) atoms. The van der Waals surface area contributed by atoms with Gasteiger partial charge in [-0.2, -0.15) is 0 Å². The van der Waals surface area contributed by atoms with E-state index >= 15 is 0 Å². The second-order valence-corrected chi connectivity index (χ2v) is 5.72. The van der Waals surface area contributed by atoms with Gasteiger partial charge in [0.15, 0.2) is 5.82 Å². The number of rotatable bonds is 4. The van der Waals surface area contributed by atoms with Gasteiger partial charge < -0.3 is 4.57 Å². The van der Waals surface area contributed by atoms with Crippen LogP contribution in [0, 0.1) is 5.82 Å². The molecule has 102 valence electrons. The van der Waals surface area contributed by atoms with Crippen LogP contribution in [0.4, 0.5) is 4.39 Å². The summed E-state index contributed by atoms with van der Waals surface area (Å²) in [5.41, 5.74) is 1.54. The second-order valence-electron chi connectivity index (χ2n) is 5.34. The first-order valence-electron chi connectivity index (χ1n) is 6.94. The Labute approximate surface area is 117 Å². The highest BCUT2D eigenvalue weighted by Gasteiger charge is 2.39. The van der Waals surface area contributed by atoms with E-state index in [1.165, 1.54) is 12.5 Å². The van der Waals surface area contributed by atoms with Gasteiger partial charge in [-0.3, -0.25) is 0 Å². The maximum absolute atomic E-state index is 13.9. The zero-order valence-corrected chi connectivity index (χ0v) is 11.9. The molecule has 1 fully saturated rings. The topological polar surface area (TPSA) is 17.8 Å². The highest BCUT2D eigenvalue weighted by Crippen LogP contribution is 2.44. The van der Waals surface area contributed by atoms with Gasteiger partial charge in [0.25, 0.3) is 0 Å². The lowest BCUT2D eigenvalue weighted by molar-refractivity contribution is 0.137. The third-order valence-electron chi connectivity index (χ3n) is 4.44. The molecule has 0 N–H and O–H groups in total. The number of hydrogen-bond donors (Lipinski definition) is 0. The first-order valence-corrected chi connectivity index (χ1v) is 7.47. The van der Waals surface area contributed by atoms with Crippen molar-refractivity contribution in [2.45, 2.75) is 44.6 Å². The van der Waals surface area contributed by atoms with Crippen molar-refractivity contribution in [3.8, 4) is 0 Å². The van der Waals surface area contributed by atoms with Crippen LogP contribution in [-0.2, 0) is 12.0 Å². The number of aromatic nitrogens is 2. The SMILES string of the molecule is CCC1(n2c(CCCl)nc3c(F)cccc32)CCC1. The van der Waals surface area contributed by atoms with Crippen LogP contribution in [0.1, 0.15) is 38.4 Å². The minimum Gasteiger partial charge on any atom is -0.322 e. The number of benzene rings is 1. The van der Waals surface area contributed by atoms with Crippen molar-refractivity contribution in [3.63, 3.8) is 0 Å². The summed E-state index contributed by atoms with van der Waals surface area (Å²) in [6.07, 6.45) is 5.30. The van der Waals surface area contributed by atoms with Gasteiger partial charge in [-0.05, 0) is 37.8 Å². The van der Waals surface area contributed by atoms with E-state index < -0.39 is 0 Å². The number of fused-ring (bicyclic) bond motifs is 1. The molecule has 0 amide bonds. The van der Waals surface area contributed by atoms with Gasteiger partial charge >= 0.3 is 0 Å². The standard InChI is InChI=1S/C15H18ClFN2/c1-2-15(8-4-9-15)19-12-6-3-5-11(17)14(12)18-13(19)7-10-16/h3,5-6H,2,4,7-10H2,1H3. The molecule has 1 aromatic carbocycles. The molecular formula is C15H18ClFN2. The van der Waals surface area contributed by atoms with Gasteiger partial charge in [0.2, 0.25) is 0 Å². The molecule has 0 aliphatic heterocycles. The predicted octanol–water partition coefficient (Wildman–Crippen LogP) is 4.25. The van der Waals surface area contributed by atoms with Gasteiger partial charge in [-0.15, -0.1) is 11.6 Å². The van der Waals surface area contributed by atoms with E-state index in [-0.39, 0.29) is 11.4 Å². The molecule has 0 radical (unpaired) electrons. The Kier molecular flexibility index (Phi) is 3.25. The third kappa shape index (κ3) is 1.86. The largest absolute Gasteiger partial charge is 0.322 e. The number of nitrogens with zero attached hydrogens (tertiary/aromatic N) is 2. The van der Waals surface area contributed by atoms with Crippen LogP contribution >= 0.6 is 11.6 Å². The molecule has 4 heteroatoms. The fourth-order valence-corrected chi connectivity index (χ4v) is 3.38. The van der Waals surface area contributed by atoms with Crippen molar-refractivity contribution in [1.82, 2.24) is 9.55 Å². The molecule has 0 saturated heterocycles. The highest BCUT2D eigenvalue weighted by molar-refractivity contribution is 6.17. The normalized spacial score (nSPS) is 17.6. The Morgan fingerprint density at radius 1 is 1.42 bits per heavy atom. The maximum Gasteiger partial charge on any atom is 0.151 e. The van der Waals surface area contributed by atoms with E-state index in [1.807, 2.05) is 6.07 Å². The van der Waals surface area contributed by atoms with Crippen molar-refractivity contribution in [1.29, 1.82) is 0 Å². The van der Waals surface area contributed by atoms with Crippen LogP contribution in [-0.4, -0.2) is 15.4 Å². The number of para-hydroxylation sites is 1. The molecule has 3 rings (SSSR count). The van der Waals surface area contributed by atoms with Gasteiger partial charge in [0, 0.05) is 17.8 Å². The minimum atomic E-state index is -0.238. The molecule has 0 atom stereocenters. The summed E-state index contributed by atoms with van der Waals surface area (Å²) in [4.78, 5) is 4.50. The molecule has 2 aromatic rings. The smallest absolute Gasteiger partial charge is 0.151 e. The Bertz CT molecular complexity index is 596. The number of alkyl halides is 1. The van der Waals surface area contributed by atoms with E-state index in [0.29, 0.717) is 17.8 Å². The van der Waals surface area contributed by atoms with E-state index in [2.05, 4.69) is 16.5 Å². The Morgan fingerprint density at radius 3 is 2.79 bits per heavy atom. The van der Waals surface area contributed by atoms with Crippen molar-refractivity contribution < 1.29 is 4.39 Å². The number of hydrogen-bond acceptors (Lipinski definition) is 1. The summed E-state index contributed by atoms with van der Waals surface area (Å²) < 4.78 is 16.2. The lowest BCUT2D eigenvalue weighted by Gasteiger charge is -2.44. The van der Waals surface area contributed by atoms with Crippen LogP contribution in [0.5, 0.6) is 0 Å². The van der Waals surface area contributed by atoms with Crippen LogP contribution < -0.4 is 0 Å². The first-order chi connectivity index (χ1) is 9.22. The van der Waals surface area contributed by atoms with Crippen LogP contribution in [0.15, 0.2) is 18.2 Å². The van der Waals surface area contributed by atoms with Gasteiger partial charge in [0.05, 0.1) is 5.52 Å². The van der Waals surface area contributed by atoms with Crippen molar-refractivity contribution in [2.75, 3.05) is 5.88 Å². The number of imidazole rings is 1. The Balaban J connectivity index is 2.25. The molecule has 2 nitrogen and oxygen atoms in total. The average Bonchev–Trinajstić information content (AvgIpc) is 2.71. The molecule has 0 bridgehead atoms. The fourth-order valence-electron chi connectivity index (χ4n) is 3.21. The molecule has 1 aromatic heterocycles. The van der Waals surface area contributed by atoms with Crippen LogP contribution in [0.2, 0.25) is 0 Å². The lowest BCUT2D eigenvalue weighted by Crippen LogP contribution is -2.41. The minimum absolute atomic E-state index is 0.129. The quantitative estimate of drug-likeness (QED) is 0.766. The second kappa shape index (κ2) is 4.78. The Hall–Kier alpha value is -1.09. The van der Waals surface area contributed by atoms with E-state index in [1.54, 1.807) is 6.07 Å². The maximum atomic E-state index is 13.9. The van der Waals surface area contributed by atoms with Gasteiger partial charge in [-0.25, -0.2) is 9.37 Å². The average molecular weight is 281 g/mol. The molecule has 1 aliphatic carbocycles. The zero-order chi connectivity index (χ0) is 13.5. The van der Waals surface area contributed by atoms with Crippen molar-refractivity contribution >= 4 is 22.6 Å². The van der Waals surface area contributed by atoms with Gasteiger partial charge in [0.1, 0.15) is 11.3 Å². The summed E-state index contributed by atoms with van der Waals surface area (Å²) >= 11 is 5.88. The summed E-state index contributed by atoms with van der Waals surface area (Å²) in [5, 5.41) is 0. The number of aryl methyl sites for hydroxylation is 1. The van der Waals surface area contributed by atoms with Gasteiger partial charge in [-0.1, -0.05) is 13.0 Å². The van der Waals surface area contributed by atoms with E-state index in [9.17, 15) is 4.39 Å². The fraction of sp³-hybridized carbons (Fsp3) is 0.533. The Morgan fingerprint density at radius 2 is 2.21 bits per heavy atom. The van der Waals surface area contributed by atoms with Crippen molar-refractivity contribution in [3.05, 3.63) is 29.8 Å². The highest BCUT2D eigenvalue weighted by atomic mass is 35.5. The van der Waals surface area contributed by atoms with E-state index in [0.717, 1.165) is 30.6 Å². The zero-order valence-electron chi connectivity index (χ0n) is 11.1. The summed E-state index contributed by atoms with van der Waals surface area (Å²) in [5.74, 6) is 1.21. The van der Waals surface area contributed by atoms with Crippen molar-refractivity contribution in [2.24, 2.45) is 0 Å². The third-order valence-corrected chi connectivity index (χ3v) is 4.63. The molecule has 0 spiro atoms. The van der Waals surface area contributed by atoms with Crippen LogP contribution in [0.25, 0.3) is 11.0 Å². The molecule has 1 saturated carbocycles. The molecule has 0 unspecified atom stereocenters. The summed E-state index contributed by atoms with van der Waals surface area (Å²) in [7, 11) is 0. The van der Waals surface area contributed by atoms with E-state index in [4.69, 9.17) is 11.6 Å². The monoisotopic (exact) mass is 280 g/mol.